The molecule has 2 N–H and O–H groups in total. The van der Waals surface area contributed by atoms with E-state index in [1.165, 1.54) is 0 Å². The molecule has 2 heterocycles. The predicted octanol–water partition coefficient (Wildman–Crippen LogP) is -0.417. The summed E-state index contributed by atoms with van der Waals surface area (Å²) in [6.07, 6.45) is 3.34. The third-order valence-corrected chi connectivity index (χ3v) is 1.50. The van der Waals surface area contributed by atoms with E-state index in [9.17, 15) is 0 Å². The molecule has 0 bridgehead atoms. The van der Waals surface area contributed by atoms with Crippen LogP contribution in [0.4, 0.5) is 5.82 Å². The summed E-state index contributed by atoms with van der Waals surface area (Å²) in [4.78, 5) is 0. The summed E-state index contributed by atoms with van der Waals surface area (Å²) in [5.74, 6) is 1.12. The molecule has 0 aromatic carbocycles. The van der Waals surface area contributed by atoms with E-state index >= 15 is 0 Å². The van der Waals surface area contributed by atoms with Crippen molar-refractivity contribution in [1.82, 2.24) is 24.5 Å². The predicted molar refractivity (Wildman–Crippen MR) is 42.5 cm³/mol. The molecule has 12 heavy (non-hydrogen) atoms. The van der Waals surface area contributed by atoms with Crippen LogP contribution in [0.25, 0.3) is 5.95 Å². The molecule has 0 fully saturated rings. The normalized spacial score (nSPS) is 10.4. The van der Waals surface area contributed by atoms with Crippen LogP contribution in [0, 0.1) is 0 Å². The van der Waals surface area contributed by atoms with Crippen LogP contribution in [0.1, 0.15) is 0 Å². The van der Waals surface area contributed by atoms with Gasteiger partial charge < -0.3 is 10.3 Å². The molecular formula is C6H8N6. The Balaban J connectivity index is 2.50. The lowest BCUT2D eigenvalue weighted by Crippen LogP contribution is -2.03. The molecule has 62 valence electrons. The second-order valence-corrected chi connectivity index (χ2v) is 2.43. The largest absolute Gasteiger partial charge is 0.382 e. The molecule has 0 aliphatic carbocycles. The molecular weight excluding hydrogens is 156 g/mol. The van der Waals surface area contributed by atoms with Gasteiger partial charge in [0.1, 0.15) is 12.1 Å². The van der Waals surface area contributed by atoms with Crippen molar-refractivity contribution in [3.63, 3.8) is 0 Å². The fraction of sp³-hybridized carbons (Fsp3) is 0.167. The van der Waals surface area contributed by atoms with Crippen molar-refractivity contribution in [2.45, 2.75) is 0 Å². The van der Waals surface area contributed by atoms with Crippen molar-refractivity contribution < 1.29 is 0 Å². The number of hydrogen-bond acceptors (Lipinski definition) is 4. The first-order valence-corrected chi connectivity index (χ1v) is 3.43. The van der Waals surface area contributed by atoms with Gasteiger partial charge in [-0.25, -0.2) is 4.68 Å². The van der Waals surface area contributed by atoms with E-state index in [0.717, 1.165) is 0 Å². The lowest BCUT2D eigenvalue weighted by Gasteiger charge is -1.97. The molecule has 0 radical (unpaired) electrons. The second kappa shape index (κ2) is 2.33. The molecule has 2 rings (SSSR count). The smallest absolute Gasteiger partial charge is 0.251 e. The van der Waals surface area contributed by atoms with E-state index in [2.05, 4.69) is 15.3 Å². The van der Waals surface area contributed by atoms with Crippen molar-refractivity contribution in [2.24, 2.45) is 7.05 Å². The number of nitrogen functional groups attached to an aromatic ring is 1. The van der Waals surface area contributed by atoms with E-state index < -0.39 is 0 Å². The van der Waals surface area contributed by atoms with E-state index in [0.29, 0.717) is 11.8 Å². The highest BCUT2D eigenvalue weighted by Gasteiger charge is 2.03. The highest BCUT2D eigenvalue weighted by Crippen LogP contribution is 2.02. The van der Waals surface area contributed by atoms with Crippen molar-refractivity contribution in [3.8, 4) is 5.95 Å². The highest BCUT2D eigenvalue weighted by molar-refractivity contribution is 5.26. The van der Waals surface area contributed by atoms with Gasteiger partial charge in [-0.3, -0.25) is 0 Å². The molecule has 0 aliphatic heterocycles. The fourth-order valence-electron chi connectivity index (χ4n) is 0.934. The van der Waals surface area contributed by atoms with Gasteiger partial charge in [-0.2, -0.15) is 0 Å². The van der Waals surface area contributed by atoms with Crippen LogP contribution in [0.2, 0.25) is 0 Å². The topological polar surface area (TPSA) is 74.5 Å². The standard InChI is InChI=1S/C6H8N6/c1-11-4-8-9-6(11)12-3-2-5(7)10-12/h2-4H,1H3,(H2,7,10). The van der Waals surface area contributed by atoms with Crippen LogP contribution in [0.15, 0.2) is 18.6 Å². The third kappa shape index (κ3) is 0.931. The first-order chi connectivity index (χ1) is 5.77. The van der Waals surface area contributed by atoms with Crippen LogP contribution in [-0.4, -0.2) is 24.5 Å². The van der Waals surface area contributed by atoms with Gasteiger partial charge in [-0.1, -0.05) is 0 Å². The fourth-order valence-corrected chi connectivity index (χ4v) is 0.934. The molecule has 0 amide bonds. The number of nitrogens with two attached hydrogens (primary N) is 1. The van der Waals surface area contributed by atoms with Gasteiger partial charge in [0.05, 0.1) is 0 Å². The number of anilines is 1. The van der Waals surface area contributed by atoms with Crippen LogP contribution in [-0.2, 0) is 7.05 Å². The van der Waals surface area contributed by atoms with Gasteiger partial charge >= 0.3 is 0 Å². The van der Waals surface area contributed by atoms with Gasteiger partial charge in [0.25, 0.3) is 5.95 Å². The van der Waals surface area contributed by atoms with Gasteiger partial charge in [0, 0.05) is 19.3 Å². The molecule has 6 nitrogen and oxygen atoms in total. The van der Waals surface area contributed by atoms with Crippen LogP contribution >= 0.6 is 0 Å². The number of rotatable bonds is 1. The number of aryl methyl sites for hydroxylation is 1. The maximum absolute atomic E-state index is 5.45. The second-order valence-electron chi connectivity index (χ2n) is 2.43. The first kappa shape index (κ1) is 6.84. The van der Waals surface area contributed by atoms with Crippen molar-refractivity contribution in [2.75, 3.05) is 5.73 Å². The average molecular weight is 164 g/mol. The van der Waals surface area contributed by atoms with Gasteiger partial charge in [-0.05, 0) is 0 Å². The maximum Gasteiger partial charge on any atom is 0.251 e. The van der Waals surface area contributed by atoms with E-state index in [1.807, 2.05) is 7.05 Å². The molecule has 6 heteroatoms. The Morgan fingerprint density at radius 3 is 2.83 bits per heavy atom. The zero-order chi connectivity index (χ0) is 8.55. The molecule has 2 aromatic heterocycles. The van der Waals surface area contributed by atoms with Crippen LogP contribution in [0.3, 0.4) is 0 Å². The Morgan fingerprint density at radius 1 is 1.50 bits per heavy atom. The molecule has 0 atom stereocenters. The minimum Gasteiger partial charge on any atom is -0.382 e. The quantitative estimate of drug-likeness (QED) is 0.621. The lowest BCUT2D eigenvalue weighted by atomic mass is 10.7. The molecule has 0 spiro atoms. The molecule has 0 aliphatic rings. The molecule has 0 saturated carbocycles. The summed E-state index contributed by atoms with van der Waals surface area (Å²) in [5.41, 5.74) is 5.45. The summed E-state index contributed by atoms with van der Waals surface area (Å²) >= 11 is 0. The Kier molecular flexibility index (Phi) is 1.33. The lowest BCUT2D eigenvalue weighted by molar-refractivity contribution is 0.751. The molecule has 0 unspecified atom stereocenters. The zero-order valence-electron chi connectivity index (χ0n) is 6.55. The van der Waals surface area contributed by atoms with Crippen molar-refractivity contribution >= 4 is 5.82 Å². The van der Waals surface area contributed by atoms with Gasteiger partial charge in [0.15, 0.2) is 0 Å². The summed E-state index contributed by atoms with van der Waals surface area (Å²) in [6, 6.07) is 1.70. The van der Waals surface area contributed by atoms with E-state index in [1.54, 1.807) is 27.8 Å². The highest BCUT2D eigenvalue weighted by atomic mass is 15.4. The Morgan fingerprint density at radius 2 is 2.33 bits per heavy atom. The molecule has 0 saturated heterocycles. The van der Waals surface area contributed by atoms with E-state index in [4.69, 9.17) is 5.73 Å². The number of hydrogen-bond donors (Lipinski definition) is 1. The summed E-state index contributed by atoms with van der Waals surface area (Å²) < 4.78 is 3.33. The Labute approximate surface area is 68.6 Å². The number of aromatic nitrogens is 5. The average Bonchev–Trinajstić information content (AvgIpc) is 2.58. The van der Waals surface area contributed by atoms with E-state index in [-0.39, 0.29) is 0 Å². The zero-order valence-corrected chi connectivity index (χ0v) is 6.55. The van der Waals surface area contributed by atoms with Gasteiger partial charge in [0.2, 0.25) is 0 Å². The Bertz CT molecular complexity index is 386. The maximum atomic E-state index is 5.45. The SMILES string of the molecule is Cn1cnnc1-n1ccc(N)n1. The first-order valence-electron chi connectivity index (χ1n) is 3.43. The van der Waals surface area contributed by atoms with Crippen LogP contribution < -0.4 is 5.73 Å². The number of nitrogens with zero attached hydrogens (tertiary/aromatic N) is 5. The Hall–Kier alpha value is -1.85. The summed E-state index contributed by atoms with van der Waals surface area (Å²) in [5, 5.41) is 11.6. The van der Waals surface area contributed by atoms with Crippen molar-refractivity contribution in [1.29, 1.82) is 0 Å². The van der Waals surface area contributed by atoms with Crippen LogP contribution in [0.5, 0.6) is 0 Å². The minimum absolute atomic E-state index is 0.470. The monoisotopic (exact) mass is 164 g/mol. The summed E-state index contributed by atoms with van der Waals surface area (Å²) in [7, 11) is 1.84. The van der Waals surface area contributed by atoms with Gasteiger partial charge in [-0.15, -0.1) is 15.3 Å². The molecule has 2 aromatic rings. The minimum atomic E-state index is 0.470. The third-order valence-electron chi connectivity index (χ3n) is 1.50. The van der Waals surface area contributed by atoms with Crippen molar-refractivity contribution in [3.05, 3.63) is 18.6 Å². The summed E-state index contributed by atoms with van der Waals surface area (Å²) in [6.45, 7) is 0.